The van der Waals surface area contributed by atoms with Crippen molar-refractivity contribution in [2.24, 2.45) is 5.92 Å². The first kappa shape index (κ1) is 14.4. The standard InChI is InChI=1S/C16H22N2O3/c1-20-14-5-3-2-4-12(14)18-15(19)10-17-13-8-9-21-16(13)11-6-7-11/h2-5,11,13,16-17H,6-10H2,1H3,(H,18,19). The number of ether oxygens (including phenoxy) is 2. The van der Waals surface area contributed by atoms with Gasteiger partial charge in [0.2, 0.25) is 5.91 Å². The molecule has 1 saturated carbocycles. The van der Waals surface area contributed by atoms with Gasteiger partial charge in [0.1, 0.15) is 5.75 Å². The number of nitrogens with one attached hydrogen (secondary N) is 2. The zero-order valence-corrected chi connectivity index (χ0v) is 12.3. The fourth-order valence-electron chi connectivity index (χ4n) is 2.89. The van der Waals surface area contributed by atoms with Gasteiger partial charge in [-0.05, 0) is 37.3 Å². The smallest absolute Gasteiger partial charge is 0.238 e. The molecule has 1 aromatic rings. The van der Waals surface area contributed by atoms with Crippen LogP contribution in [0.5, 0.6) is 5.75 Å². The Morgan fingerprint density at radius 1 is 1.33 bits per heavy atom. The van der Waals surface area contributed by atoms with Crippen LogP contribution in [0.4, 0.5) is 5.69 Å². The molecule has 1 aliphatic carbocycles. The van der Waals surface area contributed by atoms with Crippen molar-refractivity contribution in [3.05, 3.63) is 24.3 Å². The van der Waals surface area contributed by atoms with E-state index < -0.39 is 0 Å². The molecule has 1 aliphatic heterocycles. The molecule has 21 heavy (non-hydrogen) atoms. The first-order chi connectivity index (χ1) is 10.3. The van der Waals surface area contributed by atoms with Crippen LogP contribution in [0.3, 0.4) is 0 Å². The van der Waals surface area contributed by atoms with Crippen LogP contribution in [-0.2, 0) is 9.53 Å². The zero-order valence-electron chi connectivity index (χ0n) is 12.3. The molecule has 5 nitrogen and oxygen atoms in total. The molecule has 0 radical (unpaired) electrons. The number of methoxy groups -OCH3 is 1. The minimum absolute atomic E-state index is 0.0547. The Morgan fingerprint density at radius 2 is 2.14 bits per heavy atom. The number of rotatable bonds is 6. The maximum Gasteiger partial charge on any atom is 0.238 e. The van der Waals surface area contributed by atoms with E-state index >= 15 is 0 Å². The lowest BCUT2D eigenvalue weighted by Crippen LogP contribution is -2.41. The molecule has 0 aromatic heterocycles. The second-order valence-corrected chi connectivity index (χ2v) is 5.70. The summed E-state index contributed by atoms with van der Waals surface area (Å²) in [4.78, 5) is 12.1. The van der Waals surface area contributed by atoms with E-state index in [2.05, 4.69) is 10.6 Å². The van der Waals surface area contributed by atoms with Gasteiger partial charge in [-0.3, -0.25) is 4.79 Å². The summed E-state index contributed by atoms with van der Waals surface area (Å²) in [7, 11) is 1.60. The molecule has 3 rings (SSSR count). The highest BCUT2D eigenvalue weighted by atomic mass is 16.5. The van der Waals surface area contributed by atoms with Gasteiger partial charge in [-0.15, -0.1) is 0 Å². The summed E-state index contributed by atoms with van der Waals surface area (Å²) in [5, 5.41) is 6.21. The highest BCUT2D eigenvalue weighted by molar-refractivity contribution is 5.93. The van der Waals surface area contributed by atoms with Crippen molar-refractivity contribution in [3.63, 3.8) is 0 Å². The van der Waals surface area contributed by atoms with E-state index in [9.17, 15) is 4.79 Å². The first-order valence-corrected chi connectivity index (χ1v) is 7.56. The summed E-state index contributed by atoms with van der Waals surface area (Å²) >= 11 is 0. The quantitative estimate of drug-likeness (QED) is 0.838. The van der Waals surface area contributed by atoms with E-state index in [4.69, 9.17) is 9.47 Å². The van der Waals surface area contributed by atoms with Crippen LogP contribution >= 0.6 is 0 Å². The average molecular weight is 290 g/mol. The molecular weight excluding hydrogens is 268 g/mol. The molecule has 114 valence electrons. The van der Waals surface area contributed by atoms with E-state index in [0.717, 1.165) is 13.0 Å². The number of amides is 1. The fraction of sp³-hybridized carbons (Fsp3) is 0.562. The summed E-state index contributed by atoms with van der Waals surface area (Å²) in [6, 6.07) is 7.72. The molecular formula is C16H22N2O3. The minimum atomic E-state index is -0.0547. The predicted octanol–water partition coefficient (Wildman–Crippen LogP) is 1.79. The minimum Gasteiger partial charge on any atom is -0.495 e. The number of benzene rings is 1. The number of carbonyl (C=O) groups is 1. The molecule has 1 amide bonds. The predicted molar refractivity (Wildman–Crippen MR) is 80.5 cm³/mol. The van der Waals surface area contributed by atoms with Crippen molar-refractivity contribution in [1.29, 1.82) is 0 Å². The summed E-state index contributed by atoms with van der Waals surface area (Å²) in [6.45, 7) is 1.10. The maximum atomic E-state index is 12.1. The second-order valence-electron chi connectivity index (χ2n) is 5.70. The van der Waals surface area contributed by atoms with Gasteiger partial charge in [-0.2, -0.15) is 0 Å². The number of anilines is 1. The SMILES string of the molecule is COc1ccccc1NC(=O)CNC1CCOC1C1CC1. The molecule has 0 spiro atoms. The van der Waals surface area contributed by atoms with Crippen LogP contribution in [0.25, 0.3) is 0 Å². The van der Waals surface area contributed by atoms with Crippen molar-refractivity contribution in [2.45, 2.75) is 31.4 Å². The third-order valence-electron chi connectivity index (χ3n) is 4.13. The molecule has 5 heteroatoms. The molecule has 1 heterocycles. The topological polar surface area (TPSA) is 59.6 Å². The third kappa shape index (κ3) is 3.54. The van der Waals surface area contributed by atoms with Crippen LogP contribution in [-0.4, -0.2) is 38.3 Å². The monoisotopic (exact) mass is 290 g/mol. The van der Waals surface area contributed by atoms with E-state index in [1.165, 1.54) is 12.8 Å². The van der Waals surface area contributed by atoms with E-state index in [1.807, 2.05) is 24.3 Å². The summed E-state index contributed by atoms with van der Waals surface area (Å²) in [6.07, 6.45) is 3.80. The average Bonchev–Trinajstić information content (AvgIpc) is 3.24. The number of hydrogen-bond donors (Lipinski definition) is 2. The van der Waals surface area contributed by atoms with Gasteiger partial charge in [0.05, 0.1) is 25.4 Å². The molecule has 2 fully saturated rings. The van der Waals surface area contributed by atoms with Crippen LogP contribution in [0.2, 0.25) is 0 Å². The second kappa shape index (κ2) is 6.45. The Kier molecular flexibility index (Phi) is 4.41. The summed E-state index contributed by atoms with van der Waals surface area (Å²) in [5.74, 6) is 1.31. The van der Waals surface area contributed by atoms with Gasteiger partial charge >= 0.3 is 0 Å². The Balaban J connectivity index is 1.50. The van der Waals surface area contributed by atoms with E-state index in [0.29, 0.717) is 36.0 Å². The zero-order chi connectivity index (χ0) is 14.7. The Morgan fingerprint density at radius 3 is 2.90 bits per heavy atom. The van der Waals surface area contributed by atoms with Crippen LogP contribution in [0.15, 0.2) is 24.3 Å². The lowest BCUT2D eigenvalue weighted by Gasteiger charge is -2.19. The van der Waals surface area contributed by atoms with Gasteiger partial charge in [-0.1, -0.05) is 12.1 Å². The summed E-state index contributed by atoms with van der Waals surface area (Å²) < 4.78 is 11.0. The lowest BCUT2D eigenvalue weighted by atomic mass is 10.1. The highest BCUT2D eigenvalue weighted by Crippen LogP contribution is 2.38. The molecule has 1 saturated heterocycles. The molecule has 2 aliphatic rings. The van der Waals surface area contributed by atoms with Crippen LogP contribution in [0.1, 0.15) is 19.3 Å². The highest BCUT2D eigenvalue weighted by Gasteiger charge is 2.40. The van der Waals surface area contributed by atoms with E-state index in [-0.39, 0.29) is 5.91 Å². The van der Waals surface area contributed by atoms with Crippen molar-refractivity contribution >= 4 is 11.6 Å². The maximum absolute atomic E-state index is 12.1. The molecule has 2 N–H and O–H groups in total. The van der Waals surface area contributed by atoms with Gasteiger partial charge in [0.15, 0.2) is 0 Å². The molecule has 0 bridgehead atoms. The third-order valence-corrected chi connectivity index (χ3v) is 4.13. The Labute approximate surface area is 125 Å². The Bertz CT molecular complexity index is 502. The van der Waals surface area contributed by atoms with Gasteiger partial charge in [-0.25, -0.2) is 0 Å². The number of carbonyl (C=O) groups excluding carboxylic acids is 1. The molecule has 2 unspecified atom stereocenters. The molecule has 2 atom stereocenters. The summed E-state index contributed by atoms with van der Waals surface area (Å²) in [5.41, 5.74) is 0.702. The van der Waals surface area contributed by atoms with Gasteiger partial charge in [0.25, 0.3) is 0 Å². The van der Waals surface area contributed by atoms with Crippen molar-refractivity contribution in [2.75, 3.05) is 25.6 Å². The number of hydrogen-bond acceptors (Lipinski definition) is 4. The number of para-hydroxylation sites is 2. The normalized spacial score (nSPS) is 24.8. The first-order valence-electron chi connectivity index (χ1n) is 7.56. The van der Waals surface area contributed by atoms with E-state index in [1.54, 1.807) is 7.11 Å². The van der Waals surface area contributed by atoms with Crippen LogP contribution in [0, 0.1) is 5.92 Å². The van der Waals surface area contributed by atoms with Crippen molar-refractivity contribution in [1.82, 2.24) is 5.32 Å². The van der Waals surface area contributed by atoms with Gasteiger partial charge in [0, 0.05) is 12.6 Å². The van der Waals surface area contributed by atoms with Crippen LogP contribution < -0.4 is 15.4 Å². The Hall–Kier alpha value is -1.59. The van der Waals surface area contributed by atoms with Gasteiger partial charge < -0.3 is 20.1 Å². The van der Waals surface area contributed by atoms with Crippen molar-refractivity contribution in [3.8, 4) is 5.75 Å². The fourth-order valence-corrected chi connectivity index (χ4v) is 2.89. The molecule has 1 aromatic carbocycles. The van der Waals surface area contributed by atoms with Crippen molar-refractivity contribution < 1.29 is 14.3 Å². The lowest BCUT2D eigenvalue weighted by molar-refractivity contribution is -0.115. The largest absolute Gasteiger partial charge is 0.495 e.